The number of methoxy groups -OCH3 is 1. The molecule has 2 aromatic heterocycles. The van der Waals surface area contributed by atoms with E-state index in [2.05, 4.69) is 20.1 Å². The van der Waals surface area contributed by atoms with Gasteiger partial charge < -0.3 is 25.6 Å². The molecule has 4 N–H and O–H groups in total. The standard InChI is InChI=1S/C15H23N7O2/c1-22(8-14-19-12(21-24-14)3-4-23-2)13-7-11(18-15(17)20-13)9-5-10(16)6-9/h7,9-10H,3-6,8,16H2,1-2H3,(H2,17,18,20). The topological polar surface area (TPSA) is 129 Å². The summed E-state index contributed by atoms with van der Waals surface area (Å²) in [7, 11) is 3.54. The van der Waals surface area contributed by atoms with Gasteiger partial charge in [-0.1, -0.05) is 5.16 Å². The molecule has 9 heteroatoms. The van der Waals surface area contributed by atoms with Crippen LogP contribution in [0.1, 0.15) is 36.2 Å². The van der Waals surface area contributed by atoms with Crippen LogP contribution in [0.2, 0.25) is 0 Å². The number of hydrogen-bond donors (Lipinski definition) is 2. The van der Waals surface area contributed by atoms with Crippen LogP contribution in [-0.2, 0) is 17.7 Å². The quantitative estimate of drug-likeness (QED) is 0.742. The molecule has 0 spiro atoms. The Morgan fingerprint density at radius 3 is 2.83 bits per heavy atom. The Morgan fingerprint density at radius 2 is 2.12 bits per heavy atom. The number of rotatable bonds is 7. The van der Waals surface area contributed by atoms with E-state index in [9.17, 15) is 0 Å². The highest BCUT2D eigenvalue weighted by Crippen LogP contribution is 2.35. The van der Waals surface area contributed by atoms with Crippen LogP contribution in [0, 0.1) is 0 Å². The van der Waals surface area contributed by atoms with Gasteiger partial charge in [0.25, 0.3) is 0 Å². The normalized spacial score (nSPS) is 20.0. The van der Waals surface area contributed by atoms with Crippen LogP contribution in [0.15, 0.2) is 10.6 Å². The fourth-order valence-electron chi connectivity index (χ4n) is 2.71. The van der Waals surface area contributed by atoms with Crippen molar-refractivity contribution in [2.75, 3.05) is 31.4 Å². The molecule has 0 radical (unpaired) electrons. The third-order valence-corrected chi connectivity index (χ3v) is 4.15. The first kappa shape index (κ1) is 16.6. The maximum absolute atomic E-state index is 5.86. The van der Waals surface area contributed by atoms with Crippen molar-refractivity contribution in [1.29, 1.82) is 0 Å². The Balaban J connectivity index is 1.68. The van der Waals surface area contributed by atoms with Gasteiger partial charge in [-0.05, 0) is 12.8 Å². The Labute approximate surface area is 140 Å². The van der Waals surface area contributed by atoms with Gasteiger partial charge in [-0.25, -0.2) is 4.98 Å². The van der Waals surface area contributed by atoms with Crippen molar-refractivity contribution in [1.82, 2.24) is 20.1 Å². The minimum Gasteiger partial charge on any atom is -0.384 e. The average molecular weight is 333 g/mol. The molecule has 9 nitrogen and oxygen atoms in total. The van der Waals surface area contributed by atoms with E-state index in [1.54, 1.807) is 7.11 Å². The van der Waals surface area contributed by atoms with Crippen LogP contribution in [-0.4, -0.2) is 46.9 Å². The summed E-state index contributed by atoms with van der Waals surface area (Å²) in [5.74, 6) is 2.51. The van der Waals surface area contributed by atoms with Gasteiger partial charge in [-0.3, -0.25) is 0 Å². The van der Waals surface area contributed by atoms with E-state index in [4.69, 9.17) is 20.7 Å². The third-order valence-electron chi connectivity index (χ3n) is 4.15. The van der Waals surface area contributed by atoms with Gasteiger partial charge in [0.2, 0.25) is 11.8 Å². The third kappa shape index (κ3) is 3.80. The summed E-state index contributed by atoms with van der Waals surface area (Å²) < 4.78 is 10.3. The first-order chi connectivity index (χ1) is 11.5. The summed E-state index contributed by atoms with van der Waals surface area (Å²) in [5, 5.41) is 3.93. The Kier molecular flexibility index (Phi) is 4.91. The molecule has 0 amide bonds. The maximum Gasteiger partial charge on any atom is 0.246 e. The van der Waals surface area contributed by atoms with Gasteiger partial charge in [0, 0.05) is 38.6 Å². The van der Waals surface area contributed by atoms with E-state index in [-0.39, 0.29) is 12.0 Å². The second-order valence-corrected chi connectivity index (χ2v) is 6.14. The van der Waals surface area contributed by atoms with Crippen molar-refractivity contribution < 1.29 is 9.26 Å². The molecule has 1 fully saturated rings. The summed E-state index contributed by atoms with van der Waals surface area (Å²) in [6.07, 6.45) is 2.49. The molecule has 0 aromatic carbocycles. The lowest BCUT2D eigenvalue weighted by atomic mass is 9.78. The lowest BCUT2D eigenvalue weighted by molar-refractivity contribution is 0.199. The van der Waals surface area contributed by atoms with Crippen molar-refractivity contribution in [3.8, 4) is 0 Å². The van der Waals surface area contributed by atoms with Gasteiger partial charge in [0.05, 0.1) is 18.8 Å². The molecule has 3 rings (SSSR count). The Bertz CT molecular complexity index is 684. The number of aromatic nitrogens is 4. The maximum atomic E-state index is 5.86. The highest BCUT2D eigenvalue weighted by atomic mass is 16.5. The van der Waals surface area contributed by atoms with Crippen LogP contribution >= 0.6 is 0 Å². The highest BCUT2D eigenvalue weighted by Gasteiger charge is 2.29. The minimum atomic E-state index is 0.260. The van der Waals surface area contributed by atoms with E-state index in [0.717, 1.165) is 24.4 Å². The second-order valence-electron chi connectivity index (χ2n) is 6.14. The molecule has 0 atom stereocenters. The first-order valence-corrected chi connectivity index (χ1v) is 7.96. The van der Waals surface area contributed by atoms with Gasteiger partial charge in [-0.2, -0.15) is 9.97 Å². The van der Waals surface area contributed by atoms with E-state index in [1.807, 2.05) is 18.0 Å². The Morgan fingerprint density at radius 1 is 1.33 bits per heavy atom. The van der Waals surface area contributed by atoms with Crippen LogP contribution in [0.3, 0.4) is 0 Å². The predicted molar refractivity (Wildman–Crippen MR) is 88.4 cm³/mol. The van der Waals surface area contributed by atoms with E-state index in [0.29, 0.717) is 37.2 Å². The van der Waals surface area contributed by atoms with Crippen molar-refractivity contribution in [2.24, 2.45) is 5.73 Å². The largest absolute Gasteiger partial charge is 0.384 e. The van der Waals surface area contributed by atoms with Gasteiger partial charge in [0.15, 0.2) is 5.82 Å². The summed E-state index contributed by atoms with van der Waals surface area (Å²) in [6, 6.07) is 2.21. The fraction of sp³-hybridized carbons (Fsp3) is 0.600. The lowest BCUT2D eigenvalue weighted by Gasteiger charge is -2.32. The van der Waals surface area contributed by atoms with Gasteiger partial charge >= 0.3 is 0 Å². The zero-order chi connectivity index (χ0) is 17.1. The summed E-state index contributed by atoms with van der Waals surface area (Å²) in [6.45, 7) is 1.00. The molecule has 2 heterocycles. The zero-order valence-electron chi connectivity index (χ0n) is 14.0. The van der Waals surface area contributed by atoms with Crippen molar-refractivity contribution in [3.05, 3.63) is 23.5 Å². The minimum absolute atomic E-state index is 0.260. The smallest absolute Gasteiger partial charge is 0.246 e. The van der Waals surface area contributed by atoms with Crippen molar-refractivity contribution in [2.45, 2.75) is 37.8 Å². The summed E-state index contributed by atoms with van der Waals surface area (Å²) >= 11 is 0. The molecule has 2 aromatic rings. The number of anilines is 2. The van der Waals surface area contributed by atoms with Crippen LogP contribution < -0.4 is 16.4 Å². The zero-order valence-corrected chi connectivity index (χ0v) is 14.0. The first-order valence-electron chi connectivity index (χ1n) is 7.96. The van der Waals surface area contributed by atoms with Gasteiger partial charge in [0.1, 0.15) is 5.82 Å². The molecule has 130 valence electrons. The summed E-state index contributed by atoms with van der Waals surface area (Å²) in [4.78, 5) is 14.9. The summed E-state index contributed by atoms with van der Waals surface area (Å²) in [5.41, 5.74) is 12.7. The van der Waals surface area contributed by atoms with Crippen LogP contribution in [0.5, 0.6) is 0 Å². The Hall–Kier alpha value is -2.26. The van der Waals surface area contributed by atoms with Crippen molar-refractivity contribution >= 4 is 11.8 Å². The van der Waals surface area contributed by atoms with Gasteiger partial charge in [-0.15, -0.1) is 0 Å². The SMILES string of the molecule is COCCc1noc(CN(C)c2cc(C3CC(N)C3)nc(N)n2)n1. The predicted octanol–water partition coefficient (Wildman–Crippen LogP) is 0.472. The number of nitrogens with two attached hydrogens (primary N) is 2. The molecule has 0 bridgehead atoms. The fourth-order valence-corrected chi connectivity index (χ4v) is 2.71. The van der Waals surface area contributed by atoms with E-state index >= 15 is 0 Å². The van der Waals surface area contributed by atoms with Crippen LogP contribution in [0.25, 0.3) is 0 Å². The number of ether oxygens (including phenoxy) is 1. The molecular formula is C15H23N7O2. The van der Waals surface area contributed by atoms with Crippen LogP contribution in [0.4, 0.5) is 11.8 Å². The molecule has 1 aliphatic carbocycles. The molecule has 0 unspecified atom stereocenters. The molecule has 0 saturated heterocycles. The van der Waals surface area contributed by atoms with E-state index < -0.39 is 0 Å². The molecule has 24 heavy (non-hydrogen) atoms. The number of nitrogens with zero attached hydrogens (tertiary/aromatic N) is 5. The molecular weight excluding hydrogens is 310 g/mol. The molecule has 0 aliphatic heterocycles. The monoisotopic (exact) mass is 333 g/mol. The molecule has 1 aliphatic rings. The van der Waals surface area contributed by atoms with E-state index in [1.165, 1.54) is 0 Å². The molecule has 1 saturated carbocycles. The number of nitrogen functional groups attached to an aromatic ring is 1. The average Bonchev–Trinajstić information content (AvgIpc) is 2.96. The highest BCUT2D eigenvalue weighted by molar-refractivity contribution is 5.44. The number of hydrogen-bond acceptors (Lipinski definition) is 9. The second kappa shape index (κ2) is 7.10. The lowest BCUT2D eigenvalue weighted by Crippen LogP contribution is -2.35. The van der Waals surface area contributed by atoms with Crippen molar-refractivity contribution in [3.63, 3.8) is 0 Å².